The Kier molecular flexibility index (Phi) is 4.29. The first kappa shape index (κ1) is 14.6. The zero-order valence-electron chi connectivity index (χ0n) is 13.0. The minimum absolute atomic E-state index is 0.0178. The average Bonchev–Trinajstić information content (AvgIpc) is 2.68. The third-order valence-electron chi connectivity index (χ3n) is 5.23. The van der Waals surface area contributed by atoms with Gasteiger partial charge in [-0.15, -0.1) is 0 Å². The Morgan fingerprint density at radius 1 is 1.29 bits per heavy atom. The highest BCUT2D eigenvalue weighted by molar-refractivity contribution is 5.69. The van der Waals surface area contributed by atoms with Crippen LogP contribution in [-0.4, -0.2) is 37.6 Å². The lowest BCUT2D eigenvalue weighted by molar-refractivity contribution is -0.145. The van der Waals surface area contributed by atoms with Crippen molar-refractivity contribution < 1.29 is 9.53 Å². The van der Waals surface area contributed by atoms with Gasteiger partial charge in [0.1, 0.15) is 0 Å². The summed E-state index contributed by atoms with van der Waals surface area (Å²) >= 11 is 0. The summed E-state index contributed by atoms with van der Waals surface area (Å²) in [6, 6.07) is 10.8. The average molecular weight is 287 g/mol. The fraction of sp³-hybridized carbons (Fsp3) is 0.611. The molecule has 0 aromatic heterocycles. The van der Waals surface area contributed by atoms with Crippen LogP contribution in [0.25, 0.3) is 0 Å². The molecule has 3 nitrogen and oxygen atoms in total. The van der Waals surface area contributed by atoms with Gasteiger partial charge in [0.2, 0.25) is 0 Å². The number of rotatable bonds is 4. The van der Waals surface area contributed by atoms with E-state index in [2.05, 4.69) is 42.3 Å². The van der Waals surface area contributed by atoms with Crippen molar-refractivity contribution in [2.45, 2.75) is 25.7 Å². The van der Waals surface area contributed by atoms with Crippen LogP contribution in [0.15, 0.2) is 30.3 Å². The van der Waals surface area contributed by atoms with Crippen molar-refractivity contribution in [3.05, 3.63) is 35.9 Å². The molecule has 1 aliphatic heterocycles. The standard InChI is InChI=1S/C18H25NO2/c1-3-21-18(20)10-16-14-9-15(13-7-5-4-6-8-13)17(16)12-19(2)11-14/h4-8,14-17H,3,9-12H2,1-2H3. The van der Waals surface area contributed by atoms with Crippen molar-refractivity contribution >= 4 is 5.97 Å². The highest BCUT2D eigenvalue weighted by Crippen LogP contribution is 2.51. The van der Waals surface area contributed by atoms with Crippen molar-refractivity contribution in [3.63, 3.8) is 0 Å². The van der Waals surface area contributed by atoms with E-state index >= 15 is 0 Å². The predicted octanol–water partition coefficient (Wildman–Crippen LogP) is 2.92. The van der Waals surface area contributed by atoms with Gasteiger partial charge in [0, 0.05) is 19.5 Å². The Hall–Kier alpha value is -1.35. The Morgan fingerprint density at radius 3 is 2.76 bits per heavy atom. The van der Waals surface area contributed by atoms with Crippen LogP contribution in [0.5, 0.6) is 0 Å². The first-order valence-electron chi connectivity index (χ1n) is 8.08. The molecule has 3 heteroatoms. The third kappa shape index (κ3) is 2.98. The number of ether oxygens (including phenoxy) is 1. The molecule has 2 fully saturated rings. The van der Waals surface area contributed by atoms with E-state index in [1.165, 1.54) is 12.0 Å². The summed E-state index contributed by atoms with van der Waals surface area (Å²) in [5.41, 5.74) is 1.44. The first-order valence-corrected chi connectivity index (χ1v) is 8.08. The molecule has 1 aliphatic carbocycles. The molecule has 4 atom stereocenters. The topological polar surface area (TPSA) is 29.5 Å². The largest absolute Gasteiger partial charge is 0.466 e. The number of carbonyl (C=O) groups is 1. The number of nitrogens with zero attached hydrogens (tertiary/aromatic N) is 1. The van der Waals surface area contributed by atoms with E-state index in [-0.39, 0.29) is 5.97 Å². The number of piperidine rings is 1. The van der Waals surface area contributed by atoms with Gasteiger partial charge in [-0.3, -0.25) is 4.79 Å². The van der Waals surface area contributed by atoms with E-state index in [0.29, 0.717) is 36.7 Å². The molecule has 0 amide bonds. The van der Waals surface area contributed by atoms with Gasteiger partial charge < -0.3 is 9.64 Å². The van der Waals surface area contributed by atoms with Gasteiger partial charge in [0.25, 0.3) is 0 Å². The minimum atomic E-state index is -0.0178. The molecule has 1 aromatic rings. The summed E-state index contributed by atoms with van der Waals surface area (Å²) in [5, 5.41) is 0. The van der Waals surface area contributed by atoms with Crippen LogP contribution >= 0.6 is 0 Å². The van der Waals surface area contributed by atoms with Gasteiger partial charge in [-0.1, -0.05) is 30.3 Å². The number of hydrogen-bond donors (Lipinski definition) is 0. The maximum Gasteiger partial charge on any atom is 0.306 e. The molecule has 114 valence electrons. The Morgan fingerprint density at radius 2 is 2.05 bits per heavy atom. The van der Waals surface area contributed by atoms with Gasteiger partial charge >= 0.3 is 5.97 Å². The summed E-state index contributed by atoms with van der Waals surface area (Å²) in [5.74, 6) is 2.28. The van der Waals surface area contributed by atoms with Crippen molar-refractivity contribution in [2.24, 2.45) is 17.8 Å². The summed E-state index contributed by atoms with van der Waals surface area (Å²) < 4.78 is 5.18. The maximum atomic E-state index is 11.9. The lowest BCUT2D eigenvalue weighted by Crippen LogP contribution is -2.41. The molecule has 21 heavy (non-hydrogen) atoms. The third-order valence-corrected chi connectivity index (χ3v) is 5.23. The molecule has 0 radical (unpaired) electrons. The van der Waals surface area contributed by atoms with Crippen LogP contribution in [0.2, 0.25) is 0 Å². The number of benzene rings is 1. The number of carbonyl (C=O) groups excluding carboxylic acids is 1. The highest BCUT2D eigenvalue weighted by atomic mass is 16.5. The molecular formula is C18H25NO2. The lowest BCUT2D eigenvalue weighted by Gasteiger charge is -2.36. The summed E-state index contributed by atoms with van der Waals surface area (Å²) in [7, 11) is 2.20. The van der Waals surface area contributed by atoms with Crippen LogP contribution < -0.4 is 0 Å². The molecule has 2 aliphatic rings. The van der Waals surface area contributed by atoms with E-state index in [0.717, 1.165) is 13.1 Å². The van der Waals surface area contributed by atoms with E-state index in [4.69, 9.17) is 4.74 Å². The molecule has 4 unspecified atom stereocenters. The smallest absolute Gasteiger partial charge is 0.306 e. The van der Waals surface area contributed by atoms with Crippen LogP contribution in [0.3, 0.4) is 0 Å². The second-order valence-corrected chi connectivity index (χ2v) is 6.57. The van der Waals surface area contributed by atoms with Gasteiger partial charge in [0.15, 0.2) is 0 Å². The molecule has 1 saturated heterocycles. The molecule has 3 rings (SSSR count). The van der Waals surface area contributed by atoms with E-state index in [1.807, 2.05) is 6.92 Å². The van der Waals surface area contributed by atoms with Crippen molar-refractivity contribution in [1.29, 1.82) is 0 Å². The Bertz CT molecular complexity index is 487. The molecule has 1 saturated carbocycles. The quantitative estimate of drug-likeness (QED) is 0.798. The van der Waals surface area contributed by atoms with Crippen LogP contribution in [0, 0.1) is 17.8 Å². The Balaban J connectivity index is 1.78. The molecule has 0 spiro atoms. The molecule has 0 N–H and O–H groups in total. The minimum Gasteiger partial charge on any atom is -0.466 e. The van der Waals surface area contributed by atoms with Gasteiger partial charge in [-0.05, 0) is 49.6 Å². The van der Waals surface area contributed by atoms with Crippen molar-refractivity contribution in [2.75, 3.05) is 26.7 Å². The molecule has 2 bridgehead atoms. The lowest BCUT2D eigenvalue weighted by atomic mass is 9.80. The predicted molar refractivity (Wildman–Crippen MR) is 83.0 cm³/mol. The highest BCUT2D eigenvalue weighted by Gasteiger charge is 2.48. The summed E-state index contributed by atoms with van der Waals surface area (Å²) in [6.07, 6.45) is 1.81. The van der Waals surface area contributed by atoms with Crippen LogP contribution in [-0.2, 0) is 9.53 Å². The zero-order chi connectivity index (χ0) is 14.8. The molecular weight excluding hydrogens is 262 g/mol. The van der Waals surface area contributed by atoms with Gasteiger partial charge in [-0.25, -0.2) is 0 Å². The van der Waals surface area contributed by atoms with Gasteiger partial charge in [-0.2, -0.15) is 0 Å². The fourth-order valence-corrected chi connectivity index (χ4v) is 4.44. The summed E-state index contributed by atoms with van der Waals surface area (Å²) in [6.45, 7) is 4.58. The van der Waals surface area contributed by atoms with Crippen molar-refractivity contribution in [1.82, 2.24) is 4.90 Å². The normalized spacial score (nSPS) is 32.1. The van der Waals surface area contributed by atoms with Crippen LogP contribution in [0.4, 0.5) is 0 Å². The monoisotopic (exact) mass is 287 g/mol. The number of fused-ring (bicyclic) bond motifs is 2. The fourth-order valence-electron chi connectivity index (χ4n) is 4.44. The summed E-state index contributed by atoms with van der Waals surface area (Å²) in [4.78, 5) is 14.3. The van der Waals surface area contributed by atoms with E-state index in [9.17, 15) is 4.79 Å². The maximum absolute atomic E-state index is 11.9. The van der Waals surface area contributed by atoms with E-state index < -0.39 is 0 Å². The SMILES string of the molecule is CCOC(=O)CC1C2CC(c3ccccc3)C1CN(C)C2. The Labute approximate surface area is 127 Å². The number of hydrogen-bond acceptors (Lipinski definition) is 3. The molecule has 1 heterocycles. The zero-order valence-corrected chi connectivity index (χ0v) is 13.0. The second kappa shape index (κ2) is 6.18. The second-order valence-electron chi connectivity index (χ2n) is 6.57. The molecule has 1 aromatic carbocycles. The first-order chi connectivity index (χ1) is 10.2. The van der Waals surface area contributed by atoms with Crippen molar-refractivity contribution in [3.8, 4) is 0 Å². The number of esters is 1. The van der Waals surface area contributed by atoms with Gasteiger partial charge in [0.05, 0.1) is 6.61 Å². The van der Waals surface area contributed by atoms with E-state index in [1.54, 1.807) is 0 Å². The van der Waals surface area contributed by atoms with Crippen LogP contribution in [0.1, 0.15) is 31.2 Å². The number of likely N-dealkylation sites (tertiary alicyclic amines) is 1.